The Bertz CT molecular complexity index is 473. The lowest BCUT2D eigenvalue weighted by Crippen LogP contribution is -2.25. The third-order valence-electron chi connectivity index (χ3n) is 2.69. The minimum Gasteiger partial charge on any atom is -0.397 e. The van der Waals surface area contributed by atoms with Crippen LogP contribution in [0.4, 0.5) is 11.4 Å². The smallest absolute Gasteiger partial charge is 0.250 e. The van der Waals surface area contributed by atoms with Crippen LogP contribution in [-0.2, 0) is 4.79 Å². The van der Waals surface area contributed by atoms with Crippen LogP contribution in [-0.4, -0.2) is 24.4 Å². The molecule has 0 spiro atoms. The topological polar surface area (TPSA) is 110 Å². The van der Waals surface area contributed by atoms with E-state index in [1.807, 2.05) is 0 Å². The summed E-state index contributed by atoms with van der Waals surface area (Å²) in [6, 6.07) is 4.88. The molecule has 1 unspecified atom stereocenters. The van der Waals surface area contributed by atoms with Crippen LogP contribution in [0.25, 0.3) is 0 Å². The Hall–Kier alpha value is -2.24. The van der Waals surface area contributed by atoms with Crippen molar-refractivity contribution in [2.75, 3.05) is 17.6 Å². The van der Waals surface area contributed by atoms with Gasteiger partial charge in [0, 0.05) is 13.0 Å². The average Bonchev–Trinajstić information content (AvgIpc) is 2.67. The molecule has 1 aromatic rings. The molecule has 6 nitrogen and oxygen atoms in total. The second kappa shape index (κ2) is 4.32. The van der Waals surface area contributed by atoms with Gasteiger partial charge in [-0.1, -0.05) is 6.07 Å². The summed E-state index contributed by atoms with van der Waals surface area (Å²) in [5.74, 6) is -0.560. The van der Waals surface area contributed by atoms with E-state index in [9.17, 15) is 9.59 Å². The molecule has 0 radical (unpaired) electrons. The van der Waals surface area contributed by atoms with Gasteiger partial charge in [-0.05, 0) is 12.1 Å². The molecule has 1 fully saturated rings. The van der Waals surface area contributed by atoms with Crippen molar-refractivity contribution in [3.63, 3.8) is 0 Å². The maximum Gasteiger partial charge on any atom is 0.250 e. The predicted molar refractivity (Wildman–Crippen MR) is 64.4 cm³/mol. The van der Waals surface area contributed by atoms with Gasteiger partial charge in [-0.2, -0.15) is 0 Å². The van der Waals surface area contributed by atoms with Crippen LogP contribution in [0.5, 0.6) is 0 Å². The Morgan fingerprint density at radius 3 is 2.82 bits per heavy atom. The zero-order valence-corrected chi connectivity index (χ0v) is 9.19. The molecule has 2 rings (SSSR count). The van der Waals surface area contributed by atoms with Crippen molar-refractivity contribution in [2.45, 2.75) is 12.5 Å². The number of hydrogen-bond acceptors (Lipinski definition) is 4. The summed E-state index contributed by atoms with van der Waals surface area (Å²) in [7, 11) is 0. The standard InChI is InChI=1S/C11H14N4O2/c12-8-3-1-2-7(11(13)17)10(8)15-6-4-9(16)14-5-6/h1-3,6,15H,4-5,12H2,(H2,13,17)(H,14,16). The highest BCUT2D eigenvalue weighted by Crippen LogP contribution is 2.24. The largest absolute Gasteiger partial charge is 0.397 e. The third-order valence-corrected chi connectivity index (χ3v) is 2.69. The second-order valence-electron chi connectivity index (χ2n) is 3.98. The van der Waals surface area contributed by atoms with Gasteiger partial charge in [0.1, 0.15) is 0 Å². The summed E-state index contributed by atoms with van der Waals surface area (Å²) in [6.45, 7) is 0.519. The second-order valence-corrected chi connectivity index (χ2v) is 3.98. The van der Waals surface area contributed by atoms with Crippen LogP contribution in [0.15, 0.2) is 18.2 Å². The Labute approximate surface area is 98.4 Å². The summed E-state index contributed by atoms with van der Waals surface area (Å²) in [5, 5.41) is 5.78. The first-order valence-electron chi connectivity index (χ1n) is 5.29. The van der Waals surface area contributed by atoms with Crippen molar-refractivity contribution in [3.05, 3.63) is 23.8 Å². The highest BCUT2D eigenvalue weighted by atomic mass is 16.2. The summed E-state index contributed by atoms with van der Waals surface area (Å²) in [4.78, 5) is 22.3. The fourth-order valence-corrected chi connectivity index (χ4v) is 1.85. The fourth-order valence-electron chi connectivity index (χ4n) is 1.85. The van der Waals surface area contributed by atoms with Crippen molar-refractivity contribution < 1.29 is 9.59 Å². The van der Waals surface area contributed by atoms with Gasteiger partial charge < -0.3 is 22.1 Å². The molecule has 0 aliphatic carbocycles. The zero-order chi connectivity index (χ0) is 12.4. The number of nitrogens with one attached hydrogen (secondary N) is 2. The molecule has 1 aliphatic rings. The SMILES string of the molecule is NC(=O)c1cccc(N)c1NC1CNC(=O)C1. The van der Waals surface area contributed by atoms with Gasteiger partial charge >= 0.3 is 0 Å². The van der Waals surface area contributed by atoms with E-state index in [1.165, 1.54) is 0 Å². The van der Waals surface area contributed by atoms with Crippen molar-refractivity contribution in [3.8, 4) is 0 Å². The predicted octanol–water partition coefficient (Wildman–Crippen LogP) is -0.332. The van der Waals surface area contributed by atoms with Gasteiger partial charge in [-0.25, -0.2) is 0 Å². The Kier molecular flexibility index (Phi) is 2.86. The molecule has 0 saturated carbocycles. The molecule has 1 heterocycles. The summed E-state index contributed by atoms with van der Waals surface area (Å²) >= 11 is 0. The molecule has 6 N–H and O–H groups in total. The lowest BCUT2D eigenvalue weighted by atomic mass is 10.1. The Morgan fingerprint density at radius 1 is 1.47 bits per heavy atom. The van der Waals surface area contributed by atoms with Gasteiger partial charge in [-0.15, -0.1) is 0 Å². The molecule has 1 aromatic carbocycles. The third kappa shape index (κ3) is 2.30. The normalized spacial score (nSPS) is 18.8. The van der Waals surface area contributed by atoms with Crippen molar-refractivity contribution in [2.24, 2.45) is 5.73 Å². The number of carbonyl (C=O) groups excluding carboxylic acids is 2. The molecule has 1 aliphatic heterocycles. The summed E-state index contributed by atoms with van der Waals surface area (Å²) in [5.41, 5.74) is 12.3. The van der Waals surface area contributed by atoms with Crippen LogP contribution in [0, 0.1) is 0 Å². The van der Waals surface area contributed by atoms with Crippen molar-refractivity contribution in [1.82, 2.24) is 5.32 Å². The maximum atomic E-state index is 11.3. The van der Waals surface area contributed by atoms with Gasteiger partial charge in [0.05, 0.1) is 23.0 Å². The molecule has 2 amide bonds. The minimum absolute atomic E-state index is 0.0161. The Morgan fingerprint density at radius 2 is 2.24 bits per heavy atom. The zero-order valence-electron chi connectivity index (χ0n) is 9.19. The molecular weight excluding hydrogens is 220 g/mol. The fraction of sp³-hybridized carbons (Fsp3) is 0.273. The molecule has 6 heteroatoms. The van der Waals surface area contributed by atoms with Gasteiger partial charge in [0.2, 0.25) is 5.91 Å². The first-order chi connectivity index (χ1) is 8.08. The van der Waals surface area contributed by atoms with E-state index in [0.29, 0.717) is 29.9 Å². The quantitative estimate of drug-likeness (QED) is 0.536. The molecule has 0 bridgehead atoms. The van der Waals surface area contributed by atoms with E-state index in [4.69, 9.17) is 11.5 Å². The minimum atomic E-state index is -0.544. The van der Waals surface area contributed by atoms with Crippen LogP contribution < -0.4 is 22.1 Å². The number of benzene rings is 1. The monoisotopic (exact) mass is 234 g/mol. The number of amides is 2. The number of hydrogen-bond donors (Lipinski definition) is 4. The van der Waals surface area contributed by atoms with E-state index >= 15 is 0 Å². The lowest BCUT2D eigenvalue weighted by molar-refractivity contribution is -0.119. The highest BCUT2D eigenvalue weighted by molar-refractivity contribution is 6.01. The molecule has 1 saturated heterocycles. The Balaban J connectivity index is 2.25. The van der Waals surface area contributed by atoms with E-state index in [-0.39, 0.29) is 11.9 Å². The summed E-state index contributed by atoms with van der Waals surface area (Å²) in [6.07, 6.45) is 0.368. The van der Waals surface area contributed by atoms with Crippen molar-refractivity contribution in [1.29, 1.82) is 0 Å². The van der Waals surface area contributed by atoms with Crippen LogP contribution >= 0.6 is 0 Å². The number of nitrogen functional groups attached to an aromatic ring is 1. The number of primary amides is 1. The lowest BCUT2D eigenvalue weighted by Gasteiger charge is -2.16. The number of para-hydroxylation sites is 1. The first kappa shape index (κ1) is 11.3. The van der Waals surface area contributed by atoms with E-state index in [0.717, 1.165) is 0 Å². The number of nitrogens with two attached hydrogens (primary N) is 2. The van der Waals surface area contributed by atoms with Crippen LogP contribution in [0.3, 0.4) is 0 Å². The highest BCUT2D eigenvalue weighted by Gasteiger charge is 2.23. The van der Waals surface area contributed by atoms with E-state index in [1.54, 1.807) is 18.2 Å². The summed E-state index contributed by atoms with van der Waals surface area (Å²) < 4.78 is 0. The molecule has 90 valence electrons. The number of rotatable bonds is 3. The van der Waals surface area contributed by atoms with Gasteiger partial charge in [-0.3, -0.25) is 9.59 Å². The van der Waals surface area contributed by atoms with Gasteiger partial charge in [0.25, 0.3) is 5.91 Å². The first-order valence-corrected chi connectivity index (χ1v) is 5.29. The van der Waals surface area contributed by atoms with E-state index in [2.05, 4.69) is 10.6 Å². The molecular formula is C11H14N4O2. The molecule has 17 heavy (non-hydrogen) atoms. The number of carbonyl (C=O) groups is 2. The van der Waals surface area contributed by atoms with Gasteiger partial charge in [0.15, 0.2) is 0 Å². The van der Waals surface area contributed by atoms with Crippen molar-refractivity contribution >= 4 is 23.2 Å². The average molecular weight is 234 g/mol. The maximum absolute atomic E-state index is 11.3. The molecule has 1 atom stereocenters. The van der Waals surface area contributed by atoms with Crippen LogP contribution in [0.2, 0.25) is 0 Å². The molecule has 0 aromatic heterocycles. The van der Waals surface area contributed by atoms with E-state index < -0.39 is 5.91 Å². The number of anilines is 2. The van der Waals surface area contributed by atoms with Crippen LogP contribution in [0.1, 0.15) is 16.8 Å².